The summed E-state index contributed by atoms with van der Waals surface area (Å²) in [5.41, 5.74) is 5.65. The van der Waals surface area contributed by atoms with Crippen molar-refractivity contribution in [1.82, 2.24) is 10.1 Å². The first-order valence-corrected chi connectivity index (χ1v) is 6.45. The van der Waals surface area contributed by atoms with Gasteiger partial charge in [0, 0.05) is 5.92 Å². The summed E-state index contributed by atoms with van der Waals surface area (Å²) < 4.78 is 9.97. The van der Waals surface area contributed by atoms with Gasteiger partial charge in [0.05, 0.1) is 6.61 Å². The fourth-order valence-corrected chi connectivity index (χ4v) is 2.32. The molecule has 1 heterocycles. The molecule has 1 aliphatic rings. The molecule has 6 heteroatoms. The third-order valence-electron chi connectivity index (χ3n) is 3.43. The molecule has 1 fully saturated rings. The standard InChI is InChI=1S/C12H19N3O3/c1-2-17-12(16)10-14-11(18-15-10)9-5-3-8(7-13)4-6-9/h8-9H,2-7,13H2,1H3. The second kappa shape index (κ2) is 5.95. The zero-order chi connectivity index (χ0) is 13.0. The molecule has 0 atom stereocenters. The van der Waals surface area contributed by atoms with Gasteiger partial charge in [-0.2, -0.15) is 4.98 Å². The second-order valence-corrected chi connectivity index (χ2v) is 4.63. The van der Waals surface area contributed by atoms with Crippen LogP contribution in [0.3, 0.4) is 0 Å². The van der Waals surface area contributed by atoms with Crippen molar-refractivity contribution in [3.63, 3.8) is 0 Å². The molecule has 0 aliphatic heterocycles. The summed E-state index contributed by atoms with van der Waals surface area (Å²) in [5.74, 6) is 0.904. The van der Waals surface area contributed by atoms with Gasteiger partial charge in [0.25, 0.3) is 5.82 Å². The van der Waals surface area contributed by atoms with Gasteiger partial charge in [-0.25, -0.2) is 4.79 Å². The lowest BCUT2D eigenvalue weighted by Gasteiger charge is -2.24. The highest BCUT2D eigenvalue weighted by Crippen LogP contribution is 2.34. The van der Waals surface area contributed by atoms with Crippen LogP contribution in [0.5, 0.6) is 0 Å². The molecule has 0 amide bonds. The molecular weight excluding hydrogens is 234 g/mol. The number of hydrogen-bond acceptors (Lipinski definition) is 6. The highest BCUT2D eigenvalue weighted by Gasteiger charge is 2.27. The largest absolute Gasteiger partial charge is 0.460 e. The SMILES string of the molecule is CCOC(=O)c1noc(C2CCC(CN)CC2)n1. The van der Waals surface area contributed by atoms with Crippen LogP contribution in [0, 0.1) is 5.92 Å². The molecule has 0 aromatic carbocycles. The summed E-state index contributed by atoms with van der Waals surface area (Å²) in [5, 5.41) is 3.66. The average molecular weight is 253 g/mol. The van der Waals surface area contributed by atoms with E-state index in [2.05, 4.69) is 10.1 Å². The number of aromatic nitrogens is 2. The van der Waals surface area contributed by atoms with Gasteiger partial charge in [-0.05, 0) is 50.2 Å². The minimum Gasteiger partial charge on any atom is -0.460 e. The van der Waals surface area contributed by atoms with Crippen molar-refractivity contribution in [3.05, 3.63) is 11.7 Å². The van der Waals surface area contributed by atoms with E-state index in [0.717, 1.165) is 32.2 Å². The Morgan fingerprint density at radius 1 is 1.44 bits per heavy atom. The van der Waals surface area contributed by atoms with Crippen molar-refractivity contribution >= 4 is 5.97 Å². The molecule has 1 aromatic rings. The quantitative estimate of drug-likeness (QED) is 0.817. The minimum absolute atomic E-state index is 0.0211. The van der Waals surface area contributed by atoms with Crippen molar-refractivity contribution in [2.75, 3.05) is 13.2 Å². The van der Waals surface area contributed by atoms with Crippen molar-refractivity contribution < 1.29 is 14.1 Å². The Hall–Kier alpha value is -1.43. The molecule has 1 aliphatic carbocycles. The molecule has 0 radical (unpaired) electrons. The molecule has 2 rings (SSSR count). The van der Waals surface area contributed by atoms with E-state index < -0.39 is 5.97 Å². The van der Waals surface area contributed by atoms with E-state index in [-0.39, 0.29) is 11.7 Å². The molecule has 6 nitrogen and oxygen atoms in total. The van der Waals surface area contributed by atoms with Crippen LogP contribution < -0.4 is 5.73 Å². The van der Waals surface area contributed by atoms with Crippen LogP contribution in [0.25, 0.3) is 0 Å². The fourth-order valence-electron chi connectivity index (χ4n) is 2.32. The monoisotopic (exact) mass is 253 g/mol. The van der Waals surface area contributed by atoms with Gasteiger partial charge in [0.2, 0.25) is 5.89 Å². The number of nitrogens with zero attached hydrogens (tertiary/aromatic N) is 2. The third kappa shape index (κ3) is 2.87. The average Bonchev–Trinajstić information content (AvgIpc) is 2.89. The number of hydrogen-bond donors (Lipinski definition) is 1. The Bertz CT molecular complexity index is 397. The molecule has 100 valence electrons. The Morgan fingerprint density at radius 3 is 2.78 bits per heavy atom. The van der Waals surface area contributed by atoms with Gasteiger partial charge in [0.15, 0.2) is 0 Å². The summed E-state index contributed by atoms with van der Waals surface area (Å²) in [7, 11) is 0. The Kier molecular flexibility index (Phi) is 4.30. The molecule has 18 heavy (non-hydrogen) atoms. The van der Waals surface area contributed by atoms with Crippen molar-refractivity contribution in [3.8, 4) is 0 Å². The van der Waals surface area contributed by atoms with Crippen molar-refractivity contribution in [2.45, 2.75) is 38.5 Å². The lowest BCUT2D eigenvalue weighted by atomic mass is 9.82. The first kappa shape index (κ1) is 13.0. The zero-order valence-electron chi connectivity index (χ0n) is 10.6. The number of rotatable bonds is 4. The van der Waals surface area contributed by atoms with E-state index in [1.54, 1.807) is 6.92 Å². The summed E-state index contributed by atoms with van der Waals surface area (Å²) in [6.45, 7) is 2.79. The molecular formula is C12H19N3O3. The Balaban J connectivity index is 1.96. The van der Waals surface area contributed by atoms with E-state index in [0.29, 0.717) is 18.4 Å². The molecule has 0 bridgehead atoms. The van der Waals surface area contributed by atoms with Gasteiger partial charge in [-0.15, -0.1) is 0 Å². The van der Waals surface area contributed by atoms with Crippen LogP contribution in [0.2, 0.25) is 0 Å². The molecule has 1 aromatic heterocycles. The minimum atomic E-state index is -0.525. The second-order valence-electron chi connectivity index (χ2n) is 4.63. The first-order chi connectivity index (χ1) is 8.74. The lowest BCUT2D eigenvalue weighted by molar-refractivity contribution is 0.0508. The van der Waals surface area contributed by atoms with E-state index in [4.69, 9.17) is 15.0 Å². The third-order valence-corrected chi connectivity index (χ3v) is 3.43. The molecule has 2 N–H and O–H groups in total. The smallest absolute Gasteiger partial charge is 0.379 e. The van der Waals surface area contributed by atoms with Crippen molar-refractivity contribution in [2.24, 2.45) is 11.7 Å². The summed E-state index contributed by atoms with van der Waals surface area (Å²) in [6.07, 6.45) is 4.15. The van der Waals surface area contributed by atoms with Crippen LogP contribution in [-0.2, 0) is 4.74 Å². The maximum atomic E-state index is 11.4. The maximum absolute atomic E-state index is 11.4. The number of nitrogens with two attached hydrogens (primary N) is 1. The topological polar surface area (TPSA) is 91.2 Å². The molecule has 0 unspecified atom stereocenters. The normalized spacial score (nSPS) is 23.9. The fraction of sp³-hybridized carbons (Fsp3) is 0.750. The van der Waals surface area contributed by atoms with Gasteiger partial charge in [0.1, 0.15) is 0 Å². The van der Waals surface area contributed by atoms with Crippen LogP contribution in [0.1, 0.15) is 55.0 Å². The first-order valence-electron chi connectivity index (χ1n) is 6.45. The predicted molar refractivity (Wildman–Crippen MR) is 64.0 cm³/mol. The summed E-state index contributed by atoms with van der Waals surface area (Å²) in [4.78, 5) is 15.5. The van der Waals surface area contributed by atoms with E-state index in [1.165, 1.54) is 0 Å². The van der Waals surface area contributed by atoms with E-state index >= 15 is 0 Å². The summed E-state index contributed by atoms with van der Waals surface area (Å²) in [6, 6.07) is 0. The lowest BCUT2D eigenvalue weighted by Crippen LogP contribution is -2.20. The Morgan fingerprint density at radius 2 is 2.17 bits per heavy atom. The van der Waals surface area contributed by atoms with Gasteiger partial charge < -0.3 is 15.0 Å². The predicted octanol–water partition coefficient (Wildman–Crippen LogP) is 1.48. The maximum Gasteiger partial charge on any atom is 0.379 e. The van der Waals surface area contributed by atoms with Crippen molar-refractivity contribution in [1.29, 1.82) is 0 Å². The zero-order valence-corrected chi connectivity index (χ0v) is 10.6. The number of carbonyl (C=O) groups is 1. The van der Waals surface area contributed by atoms with Gasteiger partial charge in [-0.1, -0.05) is 0 Å². The van der Waals surface area contributed by atoms with Crippen LogP contribution in [0.4, 0.5) is 0 Å². The van der Waals surface area contributed by atoms with Crippen LogP contribution in [0.15, 0.2) is 4.52 Å². The number of esters is 1. The molecule has 0 spiro atoms. The number of ether oxygens (including phenoxy) is 1. The molecule has 1 saturated carbocycles. The van der Waals surface area contributed by atoms with Gasteiger partial charge in [-0.3, -0.25) is 0 Å². The highest BCUT2D eigenvalue weighted by molar-refractivity contribution is 5.84. The molecule has 0 saturated heterocycles. The van der Waals surface area contributed by atoms with Crippen LogP contribution in [-0.4, -0.2) is 29.3 Å². The van der Waals surface area contributed by atoms with E-state index in [9.17, 15) is 4.79 Å². The van der Waals surface area contributed by atoms with E-state index in [1.807, 2.05) is 0 Å². The van der Waals surface area contributed by atoms with Gasteiger partial charge >= 0.3 is 5.97 Å². The Labute approximate surface area is 106 Å². The van der Waals surface area contributed by atoms with Crippen LogP contribution >= 0.6 is 0 Å². The highest BCUT2D eigenvalue weighted by atomic mass is 16.5. The summed E-state index contributed by atoms with van der Waals surface area (Å²) >= 11 is 0. The number of carbonyl (C=O) groups excluding carboxylic acids is 1.